The smallest absolute Gasteiger partial charge is 0.232 e. The summed E-state index contributed by atoms with van der Waals surface area (Å²) < 4.78 is 10.8. The van der Waals surface area contributed by atoms with E-state index in [0.29, 0.717) is 51.4 Å². The first-order chi connectivity index (χ1) is 10.1. The lowest BCUT2D eigenvalue weighted by Gasteiger charge is -2.23. The Labute approximate surface area is 126 Å². The monoisotopic (exact) mass is 298 g/mol. The van der Waals surface area contributed by atoms with Crippen molar-refractivity contribution in [1.82, 2.24) is 15.0 Å². The largest absolute Gasteiger partial charge is 0.380 e. The molecule has 0 unspecified atom stereocenters. The molecule has 0 bridgehead atoms. The van der Waals surface area contributed by atoms with Crippen molar-refractivity contribution in [3.8, 4) is 0 Å². The van der Waals surface area contributed by atoms with E-state index >= 15 is 0 Å². The molecular formula is C13H26N6O2. The van der Waals surface area contributed by atoms with Gasteiger partial charge in [0.25, 0.3) is 0 Å². The van der Waals surface area contributed by atoms with Gasteiger partial charge >= 0.3 is 0 Å². The van der Waals surface area contributed by atoms with E-state index in [1.165, 1.54) is 0 Å². The van der Waals surface area contributed by atoms with Crippen molar-refractivity contribution in [2.75, 3.05) is 69.1 Å². The van der Waals surface area contributed by atoms with E-state index in [9.17, 15) is 0 Å². The van der Waals surface area contributed by atoms with Gasteiger partial charge in [0.2, 0.25) is 17.8 Å². The fourth-order valence-electron chi connectivity index (χ4n) is 1.66. The molecule has 0 atom stereocenters. The van der Waals surface area contributed by atoms with Gasteiger partial charge in [-0.2, -0.15) is 15.0 Å². The second-order valence-electron chi connectivity index (χ2n) is 4.57. The third-order valence-corrected chi connectivity index (χ3v) is 2.73. The van der Waals surface area contributed by atoms with Crippen LogP contribution in [0.1, 0.15) is 13.8 Å². The summed E-state index contributed by atoms with van der Waals surface area (Å²) in [4.78, 5) is 16.5. The molecule has 1 heterocycles. The molecule has 2 N–H and O–H groups in total. The Bertz CT molecular complexity index is 406. The molecular weight excluding hydrogens is 272 g/mol. The molecule has 1 aromatic heterocycles. The number of ether oxygens (including phenoxy) is 2. The predicted octanol–water partition coefficient (Wildman–Crippen LogP) is 0.399. The van der Waals surface area contributed by atoms with Crippen LogP contribution in [0, 0.1) is 0 Å². The van der Waals surface area contributed by atoms with Crippen molar-refractivity contribution in [3.05, 3.63) is 0 Å². The van der Waals surface area contributed by atoms with Crippen LogP contribution in [-0.4, -0.2) is 68.6 Å². The van der Waals surface area contributed by atoms with Crippen LogP contribution in [0.2, 0.25) is 0 Å². The van der Waals surface area contributed by atoms with Gasteiger partial charge in [0.15, 0.2) is 0 Å². The van der Waals surface area contributed by atoms with Crippen LogP contribution in [-0.2, 0) is 9.47 Å². The molecule has 8 nitrogen and oxygen atoms in total. The van der Waals surface area contributed by atoms with E-state index in [0.717, 1.165) is 0 Å². The molecule has 0 amide bonds. The van der Waals surface area contributed by atoms with E-state index in [-0.39, 0.29) is 5.95 Å². The van der Waals surface area contributed by atoms with Gasteiger partial charge in [-0.05, 0) is 13.8 Å². The average Bonchev–Trinajstić information content (AvgIpc) is 2.45. The molecule has 0 aliphatic heterocycles. The fraction of sp³-hybridized carbons (Fsp3) is 0.769. The summed E-state index contributed by atoms with van der Waals surface area (Å²) in [6.45, 7) is 7.86. The molecule has 1 rings (SSSR count). The summed E-state index contributed by atoms with van der Waals surface area (Å²) in [5.41, 5.74) is 5.77. The number of aromatic nitrogens is 3. The minimum atomic E-state index is 0.210. The van der Waals surface area contributed by atoms with Crippen LogP contribution in [0.4, 0.5) is 17.8 Å². The maximum absolute atomic E-state index is 5.77. The lowest BCUT2D eigenvalue weighted by molar-refractivity contribution is 0.141. The van der Waals surface area contributed by atoms with Gasteiger partial charge in [0.1, 0.15) is 0 Å². The van der Waals surface area contributed by atoms with Crippen LogP contribution in [0.5, 0.6) is 0 Å². The molecule has 0 aliphatic rings. The zero-order valence-corrected chi connectivity index (χ0v) is 13.4. The molecule has 0 radical (unpaired) electrons. The molecule has 0 aromatic carbocycles. The van der Waals surface area contributed by atoms with Crippen molar-refractivity contribution < 1.29 is 9.47 Å². The highest BCUT2D eigenvalue weighted by atomic mass is 16.5. The third-order valence-electron chi connectivity index (χ3n) is 2.73. The van der Waals surface area contributed by atoms with Gasteiger partial charge in [-0.3, -0.25) is 0 Å². The van der Waals surface area contributed by atoms with Gasteiger partial charge in [-0.25, -0.2) is 0 Å². The van der Waals surface area contributed by atoms with Crippen molar-refractivity contribution in [3.63, 3.8) is 0 Å². The molecule has 0 saturated carbocycles. The zero-order valence-electron chi connectivity index (χ0n) is 13.4. The zero-order chi connectivity index (χ0) is 15.7. The average molecular weight is 298 g/mol. The lowest BCUT2D eigenvalue weighted by Crippen LogP contribution is -2.33. The Hall–Kier alpha value is -1.67. The molecule has 0 fully saturated rings. The van der Waals surface area contributed by atoms with Crippen LogP contribution >= 0.6 is 0 Å². The summed E-state index contributed by atoms with van der Waals surface area (Å²) >= 11 is 0. The minimum absolute atomic E-state index is 0.210. The Morgan fingerprint density at radius 2 is 1.43 bits per heavy atom. The third kappa shape index (κ3) is 6.09. The molecule has 0 aliphatic carbocycles. The number of hydrogen-bond acceptors (Lipinski definition) is 8. The second kappa shape index (κ2) is 9.30. The van der Waals surface area contributed by atoms with E-state index in [1.54, 1.807) is 4.90 Å². The molecule has 8 heteroatoms. The van der Waals surface area contributed by atoms with E-state index in [2.05, 4.69) is 15.0 Å². The van der Waals surface area contributed by atoms with Gasteiger partial charge in [0.05, 0.1) is 13.2 Å². The van der Waals surface area contributed by atoms with Gasteiger partial charge in [-0.1, -0.05) is 0 Å². The SMILES string of the molecule is CCOCCN(CCOCC)c1nc(N)nc(N(C)C)n1. The molecule has 21 heavy (non-hydrogen) atoms. The van der Waals surface area contributed by atoms with Crippen LogP contribution < -0.4 is 15.5 Å². The molecule has 0 saturated heterocycles. The Kier molecular flexibility index (Phi) is 7.70. The van der Waals surface area contributed by atoms with Crippen molar-refractivity contribution in [2.24, 2.45) is 0 Å². The standard InChI is InChI=1S/C13H26N6O2/c1-5-20-9-7-19(8-10-21-6-2)13-16-11(14)15-12(17-13)18(3)4/h5-10H2,1-4H3,(H2,14,15,16,17). The summed E-state index contributed by atoms with van der Waals surface area (Å²) in [6.07, 6.45) is 0. The summed E-state index contributed by atoms with van der Waals surface area (Å²) in [5, 5.41) is 0. The normalized spacial score (nSPS) is 10.7. The van der Waals surface area contributed by atoms with E-state index < -0.39 is 0 Å². The summed E-state index contributed by atoms with van der Waals surface area (Å²) in [7, 11) is 3.73. The molecule has 120 valence electrons. The Morgan fingerprint density at radius 1 is 0.905 bits per heavy atom. The maximum atomic E-state index is 5.77. The highest BCUT2D eigenvalue weighted by Crippen LogP contribution is 2.13. The number of hydrogen-bond donors (Lipinski definition) is 1. The Morgan fingerprint density at radius 3 is 1.90 bits per heavy atom. The Balaban J connectivity index is 2.84. The highest BCUT2D eigenvalue weighted by molar-refractivity contribution is 5.42. The maximum Gasteiger partial charge on any atom is 0.232 e. The minimum Gasteiger partial charge on any atom is -0.380 e. The van der Waals surface area contributed by atoms with Crippen molar-refractivity contribution in [1.29, 1.82) is 0 Å². The van der Waals surface area contributed by atoms with Crippen LogP contribution in [0.3, 0.4) is 0 Å². The van der Waals surface area contributed by atoms with Crippen molar-refractivity contribution in [2.45, 2.75) is 13.8 Å². The van der Waals surface area contributed by atoms with Crippen molar-refractivity contribution >= 4 is 17.8 Å². The quantitative estimate of drug-likeness (QED) is 0.621. The number of nitrogens with zero attached hydrogens (tertiary/aromatic N) is 5. The summed E-state index contributed by atoms with van der Waals surface area (Å²) in [6, 6.07) is 0. The number of nitrogens with two attached hydrogens (primary N) is 1. The number of nitrogen functional groups attached to an aromatic ring is 1. The van der Waals surface area contributed by atoms with Gasteiger partial charge in [0, 0.05) is 40.4 Å². The van der Waals surface area contributed by atoms with E-state index in [1.807, 2.05) is 32.8 Å². The molecule has 0 spiro atoms. The lowest BCUT2D eigenvalue weighted by atomic mass is 10.5. The van der Waals surface area contributed by atoms with Gasteiger partial charge in [-0.15, -0.1) is 0 Å². The number of anilines is 3. The first-order valence-electron chi connectivity index (χ1n) is 7.17. The molecule has 1 aromatic rings. The second-order valence-corrected chi connectivity index (χ2v) is 4.57. The predicted molar refractivity (Wildman–Crippen MR) is 83.8 cm³/mol. The number of rotatable bonds is 10. The summed E-state index contributed by atoms with van der Waals surface area (Å²) in [5.74, 6) is 1.29. The van der Waals surface area contributed by atoms with Crippen LogP contribution in [0.15, 0.2) is 0 Å². The first-order valence-corrected chi connectivity index (χ1v) is 7.17. The highest BCUT2D eigenvalue weighted by Gasteiger charge is 2.13. The van der Waals surface area contributed by atoms with Crippen LogP contribution in [0.25, 0.3) is 0 Å². The van der Waals surface area contributed by atoms with E-state index in [4.69, 9.17) is 15.2 Å². The fourth-order valence-corrected chi connectivity index (χ4v) is 1.66. The van der Waals surface area contributed by atoms with Gasteiger partial charge < -0.3 is 25.0 Å². The first kappa shape index (κ1) is 17.4. The topological polar surface area (TPSA) is 89.6 Å².